The summed E-state index contributed by atoms with van der Waals surface area (Å²) in [5, 5.41) is 4.02. The third kappa shape index (κ3) is 1.95. The highest BCUT2D eigenvalue weighted by molar-refractivity contribution is 6.08. The summed E-state index contributed by atoms with van der Waals surface area (Å²) in [6, 6.07) is 24.3. The summed E-state index contributed by atoms with van der Waals surface area (Å²) in [6.45, 7) is 0. The molecule has 0 saturated heterocycles. The van der Waals surface area contributed by atoms with Crippen LogP contribution in [-0.4, -0.2) is 9.13 Å². The lowest BCUT2D eigenvalue weighted by atomic mass is 10.0. The highest BCUT2D eigenvalue weighted by atomic mass is 15.0. The molecule has 2 aromatic heterocycles. The van der Waals surface area contributed by atoms with Crippen molar-refractivity contribution in [3.8, 4) is 5.69 Å². The summed E-state index contributed by atoms with van der Waals surface area (Å²) in [4.78, 5) is 0. The standard InChI is InChI=1S/C25H20N2/c1-26-22-11-5-2-10-20(22)21-16-17(14-15-23(21)26)27-24-12-6-3-8-18(24)19-9-4-7-13-25(19)27/h2-3,5-8,10-16H,4,9H2,1H3. The number of nitrogens with zero attached hydrogens (tertiary/aromatic N) is 2. The van der Waals surface area contributed by atoms with Gasteiger partial charge in [-0.15, -0.1) is 0 Å². The molecule has 0 fully saturated rings. The fourth-order valence-corrected chi connectivity index (χ4v) is 4.76. The number of fused-ring (bicyclic) bond motifs is 6. The van der Waals surface area contributed by atoms with Gasteiger partial charge < -0.3 is 9.13 Å². The molecule has 0 atom stereocenters. The van der Waals surface area contributed by atoms with Crippen LogP contribution < -0.4 is 0 Å². The number of hydrogen-bond donors (Lipinski definition) is 0. The van der Waals surface area contributed by atoms with Crippen LogP contribution >= 0.6 is 0 Å². The minimum Gasteiger partial charge on any atom is -0.344 e. The van der Waals surface area contributed by atoms with Crippen LogP contribution in [0.2, 0.25) is 0 Å². The molecule has 5 aromatic rings. The van der Waals surface area contributed by atoms with E-state index in [-0.39, 0.29) is 0 Å². The zero-order chi connectivity index (χ0) is 18.0. The third-order valence-electron chi connectivity index (χ3n) is 6.01. The third-order valence-corrected chi connectivity index (χ3v) is 6.01. The molecule has 1 aliphatic carbocycles. The molecule has 0 radical (unpaired) electrons. The lowest BCUT2D eigenvalue weighted by Gasteiger charge is -2.12. The van der Waals surface area contributed by atoms with Gasteiger partial charge in [-0.3, -0.25) is 0 Å². The number of hydrogen-bond acceptors (Lipinski definition) is 0. The van der Waals surface area contributed by atoms with Gasteiger partial charge in [0, 0.05) is 45.6 Å². The van der Waals surface area contributed by atoms with E-state index in [1.165, 1.54) is 49.7 Å². The van der Waals surface area contributed by atoms with Crippen molar-refractivity contribution in [2.24, 2.45) is 7.05 Å². The summed E-state index contributed by atoms with van der Waals surface area (Å²) < 4.78 is 4.72. The number of aromatic nitrogens is 2. The van der Waals surface area contributed by atoms with Crippen molar-refractivity contribution >= 4 is 38.8 Å². The molecule has 3 aromatic carbocycles. The van der Waals surface area contributed by atoms with E-state index >= 15 is 0 Å². The summed E-state index contributed by atoms with van der Waals surface area (Å²) in [5.74, 6) is 0. The molecule has 2 heterocycles. The van der Waals surface area contributed by atoms with Crippen molar-refractivity contribution in [2.45, 2.75) is 12.8 Å². The molecular formula is C25H20N2. The average Bonchev–Trinajstić information content (AvgIpc) is 3.21. The van der Waals surface area contributed by atoms with Gasteiger partial charge in [0.15, 0.2) is 0 Å². The minimum atomic E-state index is 1.12. The normalized spacial score (nSPS) is 13.7. The van der Waals surface area contributed by atoms with Crippen molar-refractivity contribution in [1.82, 2.24) is 9.13 Å². The van der Waals surface area contributed by atoms with Gasteiger partial charge >= 0.3 is 0 Å². The molecule has 130 valence electrons. The second-order valence-electron chi connectivity index (χ2n) is 7.44. The fraction of sp³-hybridized carbons (Fsp3) is 0.120. The Balaban J connectivity index is 1.72. The first kappa shape index (κ1) is 14.9. The van der Waals surface area contributed by atoms with Gasteiger partial charge in [-0.1, -0.05) is 42.5 Å². The highest BCUT2D eigenvalue weighted by Crippen LogP contribution is 2.36. The van der Waals surface area contributed by atoms with Gasteiger partial charge in [-0.2, -0.15) is 0 Å². The average molecular weight is 348 g/mol. The first-order chi connectivity index (χ1) is 13.3. The van der Waals surface area contributed by atoms with Crippen molar-refractivity contribution in [1.29, 1.82) is 0 Å². The Morgan fingerprint density at radius 2 is 1.48 bits per heavy atom. The molecule has 0 aliphatic heterocycles. The Morgan fingerprint density at radius 3 is 2.37 bits per heavy atom. The number of para-hydroxylation sites is 2. The second-order valence-corrected chi connectivity index (χ2v) is 7.44. The van der Waals surface area contributed by atoms with Gasteiger partial charge in [-0.05, 0) is 54.8 Å². The van der Waals surface area contributed by atoms with E-state index in [1.54, 1.807) is 0 Å². The lowest BCUT2D eigenvalue weighted by molar-refractivity contribution is 0.967. The van der Waals surface area contributed by atoms with E-state index in [2.05, 4.69) is 95.1 Å². The van der Waals surface area contributed by atoms with Crippen LogP contribution in [0.5, 0.6) is 0 Å². The van der Waals surface area contributed by atoms with E-state index in [1.807, 2.05) is 0 Å². The molecule has 0 N–H and O–H groups in total. The van der Waals surface area contributed by atoms with E-state index in [9.17, 15) is 0 Å². The van der Waals surface area contributed by atoms with Crippen molar-refractivity contribution in [3.05, 3.63) is 84.1 Å². The van der Waals surface area contributed by atoms with Crippen LogP contribution in [0, 0.1) is 0 Å². The number of rotatable bonds is 1. The summed E-state index contributed by atoms with van der Waals surface area (Å²) in [6.07, 6.45) is 6.85. The molecule has 6 rings (SSSR count). The molecular weight excluding hydrogens is 328 g/mol. The van der Waals surface area contributed by atoms with Crippen LogP contribution in [-0.2, 0) is 13.5 Å². The second kappa shape index (κ2) is 5.37. The van der Waals surface area contributed by atoms with Crippen molar-refractivity contribution < 1.29 is 0 Å². The van der Waals surface area contributed by atoms with Gasteiger partial charge in [0.25, 0.3) is 0 Å². The molecule has 27 heavy (non-hydrogen) atoms. The molecule has 0 unspecified atom stereocenters. The maximum Gasteiger partial charge on any atom is 0.0537 e. The van der Waals surface area contributed by atoms with Gasteiger partial charge in [0.1, 0.15) is 0 Å². The summed E-state index contributed by atoms with van der Waals surface area (Å²) in [7, 11) is 2.15. The first-order valence-corrected chi connectivity index (χ1v) is 9.59. The van der Waals surface area contributed by atoms with Crippen LogP contribution in [0.15, 0.2) is 72.8 Å². The predicted octanol–water partition coefficient (Wildman–Crippen LogP) is 6.23. The van der Waals surface area contributed by atoms with E-state index in [4.69, 9.17) is 0 Å². The molecule has 2 nitrogen and oxygen atoms in total. The maximum atomic E-state index is 2.43. The van der Waals surface area contributed by atoms with Crippen molar-refractivity contribution in [3.63, 3.8) is 0 Å². The van der Waals surface area contributed by atoms with Gasteiger partial charge in [0.2, 0.25) is 0 Å². The van der Waals surface area contributed by atoms with E-state index in [0.29, 0.717) is 0 Å². The van der Waals surface area contributed by atoms with Crippen LogP contribution in [0.1, 0.15) is 17.7 Å². The van der Waals surface area contributed by atoms with Crippen LogP contribution in [0.4, 0.5) is 0 Å². The molecule has 0 spiro atoms. The predicted molar refractivity (Wildman–Crippen MR) is 115 cm³/mol. The highest BCUT2D eigenvalue weighted by Gasteiger charge is 2.18. The van der Waals surface area contributed by atoms with Crippen molar-refractivity contribution in [2.75, 3.05) is 0 Å². The molecule has 1 aliphatic rings. The summed E-state index contributed by atoms with van der Waals surface area (Å²) in [5.41, 5.74) is 7.91. The van der Waals surface area contributed by atoms with Gasteiger partial charge in [-0.25, -0.2) is 0 Å². The lowest BCUT2D eigenvalue weighted by Crippen LogP contribution is -2.00. The minimum absolute atomic E-state index is 1.12. The Labute approximate surface area is 158 Å². The summed E-state index contributed by atoms with van der Waals surface area (Å²) >= 11 is 0. The van der Waals surface area contributed by atoms with Gasteiger partial charge in [0.05, 0.1) is 5.52 Å². The van der Waals surface area contributed by atoms with Crippen LogP contribution in [0.25, 0.3) is 44.5 Å². The first-order valence-electron chi connectivity index (χ1n) is 9.59. The van der Waals surface area contributed by atoms with E-state index < -0.39 is 0 Å². The number of allylic oxidation sites excluding steroid dienone is 1. The topological polar surface area (TPSA) is 9.86 Å². The Bertz CT molecular complexity index is 1380. The smallest absolute Gasteiger partial charge is 0.0537 e. The molecule has 0 bridgehead atoms. The molecule has 0 amide bonds. The molecule has 2 heteroatoms. The fourth-order valence-electron chi connectivity index (χ4n) is 4.76. The maximum absolute atomic E-state index is 2.43. The largest absolute Gasteiger partial charge is 0.344 e. The Kier molecular flexibility index (Phi) is 2.96. The zero-order valence-electron chi connectivity index (χ0n) is 15.3. The number of aryl methyl sites for hydroxylation is 2. The van der Waals surface area contributed by atoms with Crippen LogP contribution in [0.3, 0.4) is 0 Å². The Morgan fingerprint density at radius 1 is 0.741 bits per heavy atom. The SMILES string of the molecule is Cn1c2ccccc2c2cc(-n3c4c(c5ccccc53)CCC=C4)ccc21. The Hall–Kier alpha value is -3.26. The van der Waals surface area contributed by atoms with E-state index in [0.717, 1.165) is 12.8 Å². The zero-order valence-corrected chi connectivity index (χ0v) is 15.3. The quantitative estimate of drug-likeness (QED) is 0.339. The number of benzene rings is 3. The monoisotopic (exact) mass is 348 g/mol. The molecule has 0 saturated carbocycles.